The van der Waals surface area contributed by atoms with Gasteiger partial charge in [0, 0.05) is 11.6 Å². The second kappa shape index (κ2) is 13.6. The summed E-state index contributed by atoms with van der Waals surface area (Å²) in [6.45, 7) is 4.58. The highest BCUT2D eigenvalue weighted by molar-refractivity contribution is 7.85. The van der Waals surface area contributed by atoms with Gasteiger partial charge in [-0.05, 0) is 62.1 Å². The van der Waals surface area contributed by atoms with E-state index < -0.39 is 10.1 Å². The molecule has 0 amide bonds. The molecule has 34 heavy (non-hydrogen) atoms. The molecule has 0 aromatic heterocycles. The molecular weight excluding hydrogens is 450 g/mol. The molecule has 3 aromatic carbocycles. The van der Waals surface area contributed by atoms with Crippen molar-refractivity contribution >= 4 is 15.9 Å². The van der Waals surface area contributed by atoms with Crippen molar-refractivity contribution in [3.05, 3.63) is 102 Å². The second-order valence-corrected chi connectivity index (χ2v) is 9.68. The molecule has 0 radical (unpaired) electrons. The maximum absolute atomic E-state index is 12.7. The number of hydrogen-bond acceptors (Lipinski definition) is 5. The van der Waals surface area contributed by atoms with Crippen molar-refractivity contribution in [2.24, 2.45) is 0 Å². The minimum atomic E-state index is -3.67. The molecule has 0 heterocycles. The highest BCUT2D eigenvalue weighted by Gasteiger charge is 2.17. The van der Waals surface area contributed by atoms with E-state index in [0.29, 0.717) is 18.4 Å². The average Bonchev–Trinajstić information content (AvgIpc) is 2.81. The van der Waals surface area contributed by atoms with Crippen molar-refractivity contribution in [1.29, 1.82) is 0 Å². The topological polar surface area (TPSA) is 92.7 Å². The zero-order chi connectivity index (χ0) is 25.0. The fourth-order valence-electron chi connectivity index (χ4n) is 3.32. The molecule has 0 bridgehead atoms. The van der Waals surface area contributed by atoms with E-state index in [1.165, 1.54) is 5.56 Å². The first kappa shape index (κ1) is 27.2. The summed E-state index contributed by atoms with van der Waals surface area (Å²) in [7, 11) is -3.67. The zero-order valence-electron chi connectivity index (χ0n) is 19.8. The van der Waals surface area contributed by atoms with Crippen molar-refractivity contribution in [3.63, 3.8) is 0 Å². The minimum Gasteiger partial charge on any atom is -0.489 e. The number of carbonyl (C=O) groups excluding carboxylic acids is 1. The Morgan fingerprint density at radius 2 is 1.38 bits per heavy atom. The highest BCUT2D eigenvalue weighted by atomic mass is 32.2. The number of benzene rings is 3. The van der Waals surface area contributed by atoms with E-state index in [-0.39, 0.29) is 17.9 Å². The lowest BCUT2D eigenvalue weighted by Gasteiger charge is -2.19. The largest absolute Gasteiger partial charge is 0.489 e. The lowest BCUT2D eigenvalue weighted by molar-refractivity contribution is 0.0944. The van der Waals surface area contributed by atoms with Crippen LogP contribution in [0.1, 0.15) is 41.8 Å². The first-order valence-electron chi connectivity index (χ1n) is 11.1. The van der Waals surface area contributed by atoms with Gasteiger partial charge in [0.25, 0.3) is 10.1 Å². The Balaban J connectivity index is 0.000000739. The van der Waals surface area contributed by atoms with Crippen LogP contribution in [0, 0.1) is 0 Å². The Kier molecular flexibility index (Phi) is 10.9. The lowest BCUT2D eigenvalue weighted by atomic mass is 10.0. The number of hydrogen-bond donors (Lipinski definition) is 2. The fraction of sp³-hybridized carbons (Fsp3) is 0.296. The van der Waals surface area contributed by atoms with E-state index in [1.54, 1.807) is 0 Å². The number of aryl methyl sites for hydroxylation is 1. The van der Waals surface area contributed by atoms with Gasteiger partial charge < -0.3 is 10.1 Å². The van der Waals surface area contributed by atoms with E-state index >= 15 is 0 Å². The van der Waals surface area contributed by atoms with Gasteiger partial charge in [0.2, 0.25) is 0 Å². The summed E-state index contributed by atoms with van der Waals surface area (Å²) in [5.41, 5.74) is 3.15. The number of rotatable bonds is 10. The molecule has 0 spiro atoms. The summed E-state index contributed by atoms with van der Waals surface area (Å²) in [5, 5.41) is 3.43. The van der Waals surface area contributed by atoms with E-state index in [9.17, 15) is 13.2 Å². The monoisotopic (exact) mass is 483 g/mol. The Morgan fingerprint density at radius 1 is 0.882 bits per heavy atom. The maximum atomic E-state index is 12.7. The van der Waals surface area contributed by atoms with Crippen molar-refractivity contribution in [2.45, 2.75) is 45.4 Å². The molecule has 0 unspecified atom stereocenters. The van der Waals surface area contributed by atoms with Gasteiger partial charge in [-0.1, -0.05) is 60.7 Å². The van der Waals surface area contributed by atoms with Gasteiger partial charge in [0.05, 0.1) is 12.3 Å². The fourth-order valence-corrected chi connectivity index (χ4v) is 3.32. The normalized spacial score (nSPS) is 12.7. The second-order valence-electron chi connectivity index (χ2n) is 8.21. The molecular formula is C27H33NO5S. The highest BCUT2D eigenvalue weighted by Crippen LogP contribution is 2.16. The summed E-state index contributed by atoms with van der Waals surface area (Å²) in [4.78, 5) is 12.7. The van der Waals surface area contributed by atoms with Crippen LogP contribution in [0.3, 0.4) is 0 Å². The summed E-state index contributed by atoms with van der Waals surface area (Å²) in [6.07, 6.45) is 2.71. The predicted molar refractivity (Wildman–Crippen MR) is 136 cm³/mol. The minimum absolute atomic E-state index is 0.103. The summed E-state index contributed by atoms with van der Waals surface area (Å²) in [6, 6.07) is 27.9. The summed E-state index contributed by atoms with van der Waals surface area (Å²) >= 11 is 0. The Hall–Kier alpha value is -3.00. The van der Waals surface area contributed by atoms with Crippen LogP contribution in [0.2, 0.25) is 0 Å². The third kappa shape index (κ3) is 11.2. The third-order valence-corrected chi connectivity index (χ3v) is 5.02. The van der Waals surface area contributed by atoms with Crippen molar-refractivity contribution in [1.82, 2.24) is 5.32 Å². The average molecular weight is 484 g/mol. The van der Waals surface area contributed by atoms with Gasteiger partial charge in [0.1, 0.15) is 12.4 Å². The molecule has 182 valence electrons. The lowest BCUT2D eigenvalue weighted by Crippen LogP contribution is -2.40. The quantitative estimate of drug-likeness (QED) is 0.313. The van der Waals surface area contributed by atoms with E-state index in [4.69, 9.17) is 9.29 Å². The molecule has 0 saturated heterocycles. The van der Waals surface area contributed by atoms with E-state index in [1.807, 2.05) is 67.6 Å². The van der Waals surface area contributed by atoms with E-state index in [0.717, 1.165) is 24.2 Å². The first-order valence-corrected chi connectivity index (χ1v) is 13.0. The molecule has 0 fully saturated rings. The molecule has 0 aliphatic carbocycles. The van der Waals surface area contributed by atoms with Crippen LogP contribution in [-0.2, 0) is 23.1 Å². The van der Waals surface area contributed by atoms with Crippen LogP contribution < -0.4 is 10.1 Å². The Bertz CT molecular complexity index is 1090. The Morgan fingerprint density at radius 3 is 1.91 bits per heavy atom. The molecule has 0 saturated carbocycles. The smallest absolute Gasteiger partial charge is 0.261 e. The van der Waals surface area contributed by atoms with Crippen LogP contribution in [0.5, 0.6) is 5.75 Å². The van der Waals surface area contributed by atoms with Gasteiger partial charge >= 0.3 is 0 Å². The number of ketones is 1. The first-order chi connectivity index (χ1) is 16.1. The van der Waals surface area contributed by atoms with Crippen LogP contribution in [0.4, 0.5) is 0 Å². The maximum Gasteiger partial charge on any atom is 0.261 e. The van der Waals surface area contributed by atoms with Gasteiger partial charge in [0.15, 0.2) is 5.78 Å². The Labute approximate surface area is 202 Å². The van der Waals surface area contributed by atoms with Gasteiger partial charge in [-0.15, -0.1) is 0 Å². The number of Topliss-reactive ketones (excluding diaryl/α,β-unsaturated/α-hetero) is 1. The molecule has 6 nitrogen and oxygen atoms in total. The number of carbonyl (C=O) groups is 1. The molecule has 2 N–H and O–H groups in total. The number of nitrogens with one attached hydrogen (secondary N) is 1. The van der Waals surface area contributed by atoms with Crippen molar-refractivity contribution < 1.29 is 22.5 Å². The van der Waals surface area contributed by atoms with Crippen LogP contribution in [-0.4, -0.2) is 37.1 Å². The van der Waals surface area contributed by atoms with Crippen LogP contribution in [0.15, 0.2) is 84.9 Å². The summed E-state index contributed by atoms with van der Waals surface area (Å²) in [5.74, 6) is 0.869. The molecule has 3 aromatic rings. The zero-order valence-corrected chi connectivity index (χ0v) is 20.7. The van der Waals surface area contributed by atoms with Crippen LogP contribution >= 0.6 is 0 Å². The SMILES string of the molecule is CS(=O)(=O)O.C[C@H](CCc1ccccc1)N[C@@H](C)C(=O)c1ccc(OCc2ccccc2)cc1. The molecule has 0 aliphatic rings. The van der Waals surface area contributed by atoms with Gasteiger partial charge in [-0.2, -0.15) is 8.42 Å². The molecule has 0 aliphatic heterocycles. The van der Waals surface area contributed by atoms with Gasteiger partial charge in [-0.25, -0.2) is 0 Å². The predicted octanol–water partition coefficient (Wildman–Crippen LogP) is 4.95. The van der Waals surface area contributed by atoms with Crippen LogP contribution in [0.25, 0.3) is 0 Å². The molecule has 2 atom stereocenters. The van der Waals surface area contributed by atoms with Crippen molar-refractivity contribution in [3.8, 4) is 5.75 Å². The summed E-state index contributed by atoms with van der Waals surface area (Å²) < 4.78 is 31.7. The third-order valence-electron chi connectivity index (χ3n) is 5.02. The van der Waals surface area contributed by atoms with E-state index in [2.05, 4.69) is 36.5 Å². The standard InChI is InChI=1S/C26H29NO2.CH4O3S/c1-20(13-14-22-9-5-3-6-10-22)27-21(2)26(28)24-15-17-25(18-16-24)29-19-23-11-7-4-8-12-23;1-5(2,3)4/h3-12,15-18,20-21,27H,13-14,19H2,1-2H3;1H3,(H,2,3,4)/t20-,21+;/m1./s1. The number of ether oxygens (including phenoxy) is 1. The van der Waals surface area contributed by atoms with Gasteiger partial charge in [-0.3, -0.25) is 9.35 Å². The molecule has 3 rings (SSSR count). The molecule has 7 heteroatoms. The van der Waals surface area contributed by atoms with Crippen molar-refractivity contribution in [2.75, 3.05) is 6.26 Å².